The highest BCUT2D eigenvalue weighted by atomic mass is 15.2. The molecule has 0 spiro atoms. The molecule has 0 rings (SSSR count). The van der Waals surface area contributed by atoms with E-state index in [4.69, 9.17) is 0 Å². The second-order valence-electron chi connectivity index (χ2n) is 4.37. The highest BCUT2D eigenvalue weighted by Crippen LogP contribution is 2.17. The average molecular weight is 199 g/mol. The molecule has 2 atom stereocenters. The second kappa shape index (κ2) is 8.28. The third kappa shape index (κ3) is 4.45. The summed E-state index contributed by atoms with van der Waals surface area (Å²) < 4.78 is 0. The van der Waals surface area contributed by atoms with Crippen LogP contribution in [0, 0.1) is 0 Å². The third-order valence-electron chi connectivity index (χ3n) is 3.34. The van der Waals surface area contributed by atoms with Gasteiger partial charge in [-0.05, 0) is 32.7 Å². The Bertz CT molecular complexity index is 108. The van der Waals surface area contributed by atoms with E-state index in [-0.39, 0.29) is 0 Å². The molecule has 0 aromatic heterocycles. The Hall–Kier alpha value is -0.0400. The molecule has 2 unspecified atom stereocenters. The van der Waals surface area contributed by atoms with Gasteiger partial charge in [0.2, 0.25) is 0 Å². The molecule has 0 radical (unpaired) electrons. The first kappa shape index (κ1) is 14.0. The molecule has 0 N–H and O–H groups in total. The summed E-state index contributed by atoms with van der Waals surface area (Å²) in [5.74, 6) is 0. The zero-order chi connectivity index (χ0) is 11.0. The molecule has 0 heterocycles. The van der Waals surface area contributed by atoms with Gasteiger partial charge in [-0.25, -0.2) is 0 Å². The van der Waals surface area contributed by atoms with Gasteiger partial charge in [0.1, 0.15) is 0 Å². The van der Waals surface area contributed by atoms with Gasteiger partial charge >= 0.3 is 0 Å². The van der Waals surface area contributed by atoms with E-state index in [1.54, 1.807) is 0 Å². The van der Waals surface area contributed by atoms with Crippen molar-refractivity contribution < 1.29 is 0 Å². The van der Waals surface area contributed by atoms with Crippen LogP contribution in [-0.4, -0.2) is 24.0 Å². The van der Waals surface area contributed by atoms with Gasteiger partial charge in [-0.1, -0.05) is 40.5 Å². The lowest BCUT2D eigenvalue weighted by Gasteiger charge is -2.34. The molecule has 0 aliphatic rings. The zero-order valence-corrected chi connectivity index (χ0v) is 10.8. The third-order valence-corrected chi connectivity index (χ3v) is 3.34. The molecule has 0 fully saturated rings. The Labute approximate surface area is 90.9 Å². The van der Waals surface area contributed by atoms with Crippen LogP contribution < -0.4 is 0 Å². The van der Waals surface area contributed by atoms with E-state index in [0.29, 0.717) is 0 Å². The minimum Gasteiger partial charge on any atom is -0.300 e. The fourth-order valence-corrected chi connectivity index (χ4v) is 2.36. The lowest BCUT2D eigenvalue weighted by atomic mass is 10.0. The van der Waals surface area contributed by atoms with Crippen LogP contribution >= 0.6 is 0 Å². The molecule has 14 heavy (non-hydrogen) atoms. The van der Waals surface area contributed by atoms with Gasteiger partial charge in [0.15, 0.2) is 0 Å². The Morgan fingerprint density at radius 2 is 1.14 bits per heavy atom. The van der Waals surface area contributed by atoms with E-state index in [9.17, 15) is 0 Å². The van der Waals surface area contributed by atoms with E-state index < -0.39 is 0 Å². The summed E-state index contributed by atoms with van der Waals surface area (Å²) in [6.45, 7) is 9.21. The molecule has 1 nitrogen and oxygen atoms in total. The lowest BCUT2D eigenvalue weighted by molar-refractivity contribution is 0.146. The fourth-order valence-electron chi connectivity index (χ4n) is 2.36. The molecule has 0 bridgehead atoms. The molecule has 86 valence electrons. The van der Waals surface area contributed by atoms with Crippen molar-refractivity contribution in [2.75, 3.05) is 7.05 Å². The van der Waals surface area contributed by atoms with Crippen LogP contribution in [-0.2, 0) is 0 Å². The number of nitrogens with zero attached hydrogens (tertiary/aromatic N) is 1. The topological polar surface area (TPSA) is 3.24 Å². The highest BCUT2D eigenvalue weighted by Gasteiger charge is 2.18. The van der Waals surface area contributed by atoms with Crippen molar-refractivity contribution in [1.29, 1.82) is 0 Å². The van der Waals surface area contributed by atoms with Crippen LogP contribution in [0.25, 0.3) is 0 Å². The summed E-state index contributed by atoms with van der Waals surface area (Å²) in [5.41, 5.74) is 0. The largest absolute Gasteiger partial charge is 0.300 e. The minimum absolute atomic E-state index is 0.802. The van der Waals surface area contributed by atoms with Gasteiger partial charge in [0.25, 0.3) is 0 Å². The van der Waals surface area contributed by atoms with Crippen LogP contribution in [0.4, 0.5) is 0 Å². The fraction of sp³-hybridized carbons (Fsp3) is 1.00. The zero-order valence-electron chi connectivity index (χ0n) is 10.8. The monoisotopic (exact) mass is 199 g/mol. The van der Waals surface area contributed by atoms with Gasteiger partial charge in [0.05, 0.1) is 0 Å². The summed E-state index contributed by atoms with van der Waals surface area (Å²) in [4.78, 5) is 2.62. The smallest absolute Gasteiger partial charge is 0.00924 e. The summed E-state index contributed by atoms with van der Waals surface area (Å²) in [7, 11) is 2.31. The van der Waals surface area contributed by atoms with Crippen LogP contribution in [0.5, 0.6) is 0 Å². The summed E-state index contributed by atoms with van der Waals surface area (Å²) in [6.07, 6.45) is 7.92. The minimum atomic E-state index is 0.802. The number of hydrogen-bond donors (Lipinski definition) is 0. The predicted molar refractivity (Wildman–Crippen MR) is 65.7 cm³/mol. The van der Waals surface area contributed by atoms with Gasteiger partial charge in [-0.3, -0.25) is 0 Å². The maximum absolute atomic E-state index is 2.62. The Kier molecular flexibility index (Phi) is 8.26. The van der Waals surface area contributed by atoms with Gasteiger partial charge in [-0.2, -0.15) is 0 Å². The van der Waals surface area contributed by atoms with Crippen LogP contribution in [0.3, 0.4) is 0 Å². The summed E-state index contributed by atoms with van der Waals surface area (Å²) >= 11 is 0. The van der Waals surface area contributed by atoms with Crippen LogP contribution in [0.15, 0.2) is 0 Å². The van der Waals surface area contributed by atoms with Crippen molar-refractivity contribution in [3.8, 4) is 0 Å². The number of hydrogen-bond acceptors (Lipinski definition) is 1. The molecule has 0 aliphatic heterocycles. The molecular weight excluding hydrogens is 170 g/mol. The van der Waals surface area contributed by atoms with Gasteiger partial charge < -0.3 is 4.90 Å². The van der Waals surface area contributed by atoms with E-state index in [0.717, 1.165) is 12.1 Å². The van der Waals surface area contributed by atoms with Crippen molar-refractivity contribution in [2.24, 2.45) is 0 Å². The van der Waals surface area contributed by atoms with E-state index in [1.165, 1.54) is 38.5 Å². The first-order valence-corrected chi connectivity index (χ1v) is 6.43. The molecular formula is C13H29N. The SMILES string of the molecule is CCCC(CC)N(C)C(CC)CCC. The van der Waals surface area contributed by atoms with Crippen molar-refractivity contribution in [2.45, 2.75) is 78.3 Å². The Balaban J connectivity index is 4.13. The molecule has 0 amide bonds. The van der Waals surface area contributed by atoms with E-state index in [1.807, 2.05) is 0 Å². The summed E-state index contributed by atoms with van der Waals surface area (Å²) in [5, 5.41) is 0. The van der Waals surface area contributed by atoms with Gasteiger partial charge in [-0.15, -0.1) is 0 Å². The van der Waals surface area contributed by atoms with Crippen molar-refractivity contribution >= 4 is 0 Å². The summed E-state index contributed by atoms with van der Waals surface area (Å²) in [6, 6.07) is 1.60. The quantitative estimate of drug-likeness (QED) is 0.569. The second-order valence-corrected chi connectivity index (χ2v) is 4.37. The lowest BCUT2D eigenvalue weighted by Crippen LogP contribution is -2.39. The Morgan fingerprint density at radius 3 is 1.36 bits per heavy atom. The maximum atomic E-state index is 2.62. The standard InChI is InChI=1S/C13H29N/c1-6-10-12(8-3)14(5)13(9-4)11-7-2/h12-13H,6-11H2,1-5H3. The normalized spacial score (nSPS) is 15.9. The molecule has 0 aliphatic carbocycles. The molecule has 0 saturated carbocycles. The predicted octanol–water partition coefficient (Wildman–Crippen LogP) is 4.08. The first-order chi connectivity index (χ1) is 6.71. The number of rotatable bonds is 8. The first-order valence-electron chi connectivity index (χ1n) is 6.43. The van der Waals surface area contributed by atoms with Gasteiger partial charge in [0, 0.05) is 12.1 Å². The highest BCUT2D eigenvalue weighted by molar-refractivity contribution is 4.74. The van der Waals surface area contributed by atoms with Crippen molar-refractivity contribution in [3.05, 3.63) is 0 Å². The Morgan fingerprint density at radius 1 is 0.786 bits per heavy atom. The van der Waals surface area contributed by atoms with E-state index in [2.05, 4.69) is 39.6 Å². The molecule has 0 saturated heterocycles. The van der Waals surface area contributed by atoms with Crippen molar-refractivity contribution in [1.82, 2.24) is 4.90 Å². The van der Waals surface area contributed by atoms with Crippen LogP contribution in [0.2, 0.25) is 0 Å². The molecule has 0 aromatic rings. The van der Waals surface area contributed by atoms with Crippen LogP contribution in [0.1, 0.15) is 66.2 Å². The maximum Gasteiger partial charge on any atom is 0.00924 e. The molecule has 1 heteroatoms. The van der Waals surface area contributed by atoms with E-state index >= 15 is 0 Å². The van der Waals surface area contributed by atoms with Crippen molar-refractivity contribution in [3.63, 3.8) is 0 Å². The molecule has 0 aromatic carbocycles. The average Bonchev–Trinajstić information content (AvgIpc) is 2.21.